The van der Waals surface area contributed by atoms with Crippen molar-refractivity contribution in [2.75, 3.05) is 19.7 Å². The minimum atomic E-state index is 0.0557. The first-order valence-corrected chi connectivity index (χ1v) is 9.86. The predicted molar refractivity (Wildman–Crippen MR) is 91.8 cm³/mol. The Kier molecular flexibility index (Phi) is 4.43. The van der Waals surface area contributed by atoms with Gasteiger partial charge in [0.05, 0.1) is 11.0 Å². The van der Waals surface area contributed by atoms with Crippen molar-refractivity contribution in [1.29, 1.82) is 0 Å². The molecule has 3 fully saturated rings. The molecule has 1 amide bonds. The number of hydrogen-bond donors (Lipinski definition) is 2. The lowest BCUT2D eigenvalue weighted by Crippen LogP contribution is -2.67. The maximum absolute atomic E-state index is 11.9. The van der Waals surface area contributed by atoms with Gasteiger partial charge in [-0.15, -0.1) is 11.3 Å². The maximum Gasteiger partial charge on any atom is 0.261 e. The smallest absolute Gasteiger partial charge is 0.261 e. The van der Waals surface area contributed by atoms with Crippen molar-refractivity contribution in [3.8, 4) is 0 Å². The Hall–Kier alpha value is -0.910. The van der Waals surface area contributed by atoms with Crippen molar-refractivity contribution in [3.63, 3.8) is 0 Å². The second kappa shape index (κ2) is 6.54. The number of hydrogen-bond acceptors (Lipinski definition) is 4. The van der Waals surface area contributed by atoms with Crippen LogP contribution in [-0.4, -0.2) is 37.7 Å². The fourth-order valence-corrected chi connectivity index (χ4v) is 5.69. The quantitative estimate of drug-likeness (QED) is 0.787. The molecule has 0 bridgehead atoms. The molecule has 4 rings (SSSR count). The van der Waals surface area contributed by atoms with Crippen LogP contribution in [-0.2, 0) is 4.74 Å². The van der Waals surface area contributed by atoms with Gasteiger partial charge in [-0.25, -0.2) is 0 Å². The van der Waals surface area contributed by atoms with Gasteiger partial charge in [-0.3, -0.25) is 4.79 Å². The molecule has 2 saturated carbocycles. The molecule has 1 aromatic heterocycles. The van der Waals surface area contributed by atoms with Crippen molar-refractivity contribution in [2.24, 2.45) is 11.3 Å². The first-order valence-electron chi connectivity index (χ1n) is 8.98. The molecule has 1 saturated heterocycles. The molecule has 2 N–H and O–H groups in total. The molecule has 23 heavy (non-hydrogen) atoms. The summed E-state index contributed by atoms with van der Waals surface area (Å²) in [4.78, 5) is 12.7. The van der Waals surface area contributed by atoms with E-state index >= 15 is 0 Å². The molecule has 1 spiro atoms. The molecule has 2 heterocycles. The summed E-state index contributed by atoms with van der Waals surface area (Å²) in [5.74, 6) is 0.786. The molecule has 4 nitrogen and oxygen atoms in total. The van der Waals surface area contributed by atoms with E-state index in [9.17, 15) is 4.79 Å². The molecule has 3 aliphatic rings. The summed E-state index contributed by atoms with van der Waals surface area (Å²) in [6.45, 7) is 2.68. The fraction of sp³-hybridized carbons (Fsp3) is 0.722. The van der Waals surface area contributed by atoms with Crippen molar-refractivity contribution in [3.05, 3.63) is 22.4 Å². The highest BCUT2D eigenvalue weighted by Crippen LogP contribution is 2.60. The maximum atomic E-state index is 11.9. The van der Waals surface area contributed by atoms with Crippen molar-refractivity contribution in [2.45, 2.75) is 50.7 Å². The van der Waals surface area contributed by atoms with Gasteiger partial charge in [0.2, 0.25) is 0 Å². The Morgan fingerprint density at radius 1 is 1.35 bits per heavy atom. The van der Waals surface area contributed by atoms with E-state index in [1.165, 1.54) is 43.4 Å². The highest BCUT2D eigenvalue weighted by atomic mass is 32.1. The van der Waals surface area contributed by atoms with Crippen molar-refractivity contribution < 1.29 is 9.53 Å². The Bertz CT molecular complexity index is 539. The number of carbonyl (C=O) groups excluding carboxylic acids is 1. The van der Waals surface area contributed by atoms with Crippen LogP contribution in [0.25, 0.3) is 0 Å². The summed E-state index contributed by atoms with van der Waals surface area (Å²) in [6.07, 6.45) is 8.13. The zero-order chi connectivity index (χ0) is 15.7. The minimum absolute atomic E-state index is 0.0557. The normalized spacial score (nSPS) is 31.0. The van der Waals surface area contributed by atoms with Crippen molar-refractivity contribution in [1.82, 2.24) is 10.6 Å². The topological polar surface area (TPSA) is 50.4 Å². The first-order chi connectivity index (χ1) is 11.3. The largest absolute Gasteiger partial charge is 0.377 e. The van der Waals surface area contributed by atoms with Crippen LogP contribution >= 0.6 is 11.3 Å². The summed E-state index contributed by atoms with van der Waals surface area (Å²) in [5, 5.41) is 8.75. The number of nitrogens with one attached hydrogen (secondary N) is 2. The van der Waals surface area contributed by atoms with Gasteiger partial charge in [0.1, 0.15) is 0 Å². The molecule has 2 aliphatic carbocycles. The van der Waals surface area contributed by atoms with Gasteiger partial charge in [-0.05, 0) is 43.7 Å². The molecule has 1 aliphatic heterocycles. The summed E-state index contributed by atoms with van der Waals surface area (Å²) in [6, 6.07) is 4.43. The lowest BCUT2D eigenvalue weighted by Gasteiger charge is -2.57. The second-order valence-electron chi connectivity index (χ2n) is 7.20. The average molecular weight is 334 g/mol. The summed E-state index contributed by atoms with van der Waals surface area (Å²) in [7, 11) is 0. The zero-order valence-corrected chi connectivity index (χ0v) is 14.4. The number of thiophene rings is 1. The molecule has 126 valence electrons. The van der Waals surface area contributed by atoms with Crippen LogP contribution in [0.1, 0.15) is 48.2 Å². The third-order valence-electron chi connectivity index (χ3n) is 6.03. The Morgan fingerprint density at radius 2 is 2.22 bits per heavy atom. The standard InChI is InChI=1S/C18H26N2O2S/c21-17(14-5-3-12-23-14)20-10-4-9-19-15-13-6-11-22-16(13)18(15)7-1-2-8-18/h3,5,12-13,15-16,19H,1-2,4,6-11H2,(H,20,21)/t13-,15+,16-/m0/s1. The molecular weight excluding hydrogens is 308 g/mol. The van der Waals surface area contributed by atoms with E-state index in [1.807, 2.05) is 17.5 Å². The van der Waals surface area contributed by atoms with Gasteiger partial charge in [0.25, 0.3) is 5.91 Å². The minimum Gasteiger partial charge on any atom is -0.377 e. The van der Waals surface area contributed by atoms with Crippen LogP contribution in [0.5, 0.6) is 0 Å². The monoisotopic (exact) mass is 334 g/mol. The van der Waals surface area contributed by atoms with Crippen LogP contribution in [0.3, 0.4) is 0 Å². The van der Waals surface area contributed by atoms with E-state index < -0.39 is 0 Å². The fourth-order valence-electron chi connectivity index (χ4n) is 5.05. The van der Waals surface area contributed by atoms with E-state index in [2.05, 4.69) is 10.6 Å². The molecule has 1 aromatic rings. The van der Waals surface area contributed by atoms with E-state index in [1.54, 1.807) is 0 Å². The van der Waals surface area contributed by atoms with Crippen LogP contribution in [0, 0.1) is 11.3 Å². The van der Waals surface area contributed by atoms with Gasteiger partial charge in [-0.1, -0.05) is 18.9 Å². The third kappa shape index (κ3) is 2.73. The van der Waals surface area contributed by atoms with Crippen LogP contribution < -0.4 is 10.6 Å². The molecule has 0 aromatic carbocycles. The Labute approximate surface area is 142 Å². The van der Waals surface area contributed by atoms with Crippen LogP contribution in [0.2, 0.25) is 0 Å². The molecular formula is C18H26N2O2S. The highest BCUT2D eigenvalue weighted by molar-refractivity contribution is 7.12. The third-order valence-corrected chi connectivity index (χ3v) is 6.90. The molecule has 0 unspecified atom stereocenters. The van der Waals surface area contributed by atoms with Gasteiger partial charge in [-0.2, -0.15) is 0 Å². The van der Waals surface area contributed by atoms with Gasteiger partial charge in [0, 0.05) is 30.5 Å². The van der Waals surface area contributed by atoms with Gasteiger partial charge in [0.15, 0.2) is 0 Å². The first kappa shape index (κ1) is 15.6. The number of amides is 1. The number of ether oxygens (including phenoxy) is 1. The number of fused-ring (bicyclic) bond motifs is 2. The predicted octanol–water partition coefficient (Wildman–Crippen LogP) is 2.81. The van der Waals surface area contributed by atoms with Crippen LogP contribution in [0.15, 0.2) is 17.5 Å². The molecule has 0 radical (unpaired) electrons. The van der Waals surface area contributed by atoms with Crippen molar-refractivity contribution >= 4 is 17.2 Å². The Morgan fingerprint density at radius 3 is 3.00 bits per heavy atom. The highest BCUT2D eigenvalue weighted by Gasteiger charge is 2.64. The van der Waals surface area contributed by atoms with Crippen LogP contribution in [0.4, 0.5) is 0 Å². The number of carbonyl (C=O) groups is 1. The number of rotatable bonds is 6. The van der Waals surface area contributed by atoms with Gasteiger partial charge < -0.3 is 15.4 Å². The summed E-state index contributed by atoms with van der Waals surface area (Å²) >= 11 is 1.49. The zero-order valence-electron chi connectivity index (χ0n) is 13.6. The Balaban J connectivity index is 1.21. The SMILES string of the molecule is O=C(NCCCN[C@@H]1[C@@H]2CCO[C@@H]2C12CCCC2)c1cccs1. The molecule has 3 atom stereocenters. The summed E-state index contributed by atoms with van der Waals surface area (Å²) in [5.41, 5.74) is 0.432. The van der Waals surface area contributed by atoms with E-state index in [0.29, 0.717) is 17.6 Å². The average Bonchev–Trinajstić information content (AvgIpc) is 3.31. The van der Waals surface area contributed by atoms with Gasteiger partial charge >= 0.3 is 0 Å². The van der Waals surface area contributed by atoms with E-state index in [-0.39, 0.29) is 5.91 Å². The van der Waals surface area contributed by atoms with E-state index in [4.69, 9.17) is 4.74 Å². The lowest BCUT2D eigenvalue weighted by molar-refractivity contribution is -0.130. The summed E-state index contributed by atoms with van der Waals surface area (Å²) < 4.78 is 6.02. The van der Waals surface area contributed by atoms with E-state index in [0.717, 1.165) is 36.9 Å². The lowest BCUT2D eigenvalue weighted by atomic mass is 9.54. The molecule has 5 heteroatoms. The second-order valence-corrected chi connectivity index (χ2v) is 8.15.